The van der Waals surface area contributed by atoms with Gasteiger partial charge in [-0.15, -0.1) is 0 Å². The van der Waals surface area contributed by atoms with E-state index in [2.05, 4.69) is 17.2 Å². The molecule has 0 aromatic heterocycles. The Morgan fingerprint density at radius 3 is 2.37 bits per heavy atom. The molecule has 2 aliphatic rings. The molecule has 180 valence electrons. The first-order chi connectivity index (χ1) is 16.8. The zero-order chi connectivity index (χ0) is 25.2. The molecule has 0 bridgehead atoms. The molecule has 1 saturated heterocycles. The van der Waals surface area contributed by atoms with Crippen molar-refractivity contribution >= 4 is 23.3 Å². The van der Waals surface area contributed by atoms with Gasteiger partial charge >= 0.3 is 6.03 Å². The van der Waals surface area contributed by atoms with E-state index in [9.17, 15) is 9.59 Å². The molecule has 1 spiro atoms. The van der Waals surface area contributed by atoms with Gasteiger partial charge in [0.2, 0.25) is 5.91 Å². The van der Waals surface area contributed by atoms with Crippen LogP contribution in [0.1, 0.15) is 43.2 Å². The lowest BCUT2D eigenvalue weighted by Crippen LogP contribution is -2.64. The van der Waals surface area contributed by atoms with Crippen molar-refractivity contribution in [3.05, 3.63) is 77.0 Å². The van der Waals surface area contributed by atoms with Gasteiger partial charge in [-0.25, -0.2) is 18.5 Å². The molecule has 2 aromatic carbocycles. The predicted octanol–water partition coefficient (Wildman–Crippen LogP) is 4.59. The van der Waals surface area contributed by atoms with Crippen molar-refractivity contribution < 1.29 is 18.4 Å². The number of carbonyl (C=O) groups is 2. The molecule has 3 amide bonds. The van der Waals surface area contributed by atoms with E-state index in [0.717, 1.165) is 18.6 Å². The Hall–Kier alpha value is -3.99. The maximum atomic E-state index is 15.1. The quantitative estimate of drug-likeness (QED) is 0.623. The molecule has 1 heterocycles. The number of imide groups is 1. The SMILES string of the molecule is CN/C=C1\C(=N)CCCC[C@]12CC(=O)N(c1c(F)cc(C#Cc3ccccc3)cc1F)C(=O)N2C. The van der Waals surface area contributed by atoms with Gasteiger partial charge < -0.3 is 15.6 Å². The minimum atomic E-state index is -1.05. The first-order valence-electron chi connectivity index (χ1n) is 11.4. The average Bonchev–Trinajstić information content (AvgIpc) is 2.98. The average molecular weight is 477 g/mol. The van der Waals surface area contributed by atoms with E-state index in [0.29, 0.717) is 41.0 Å². The number of carbonyl (C=O) groups excluding carboxylic acids is 2. The van der Waals surface area contributed by atoms with E-state index in [1.54, 1.807) is 37.5 Å². The van der Waals surface area contributed by atoms with Crippen LogP contribution in [0.5, 0.6) is 0 Å². The predicted molar refractivity (Wildman–Crippen MR) is 130 cm³/mol. The maximum absolute atomic E-state index is 15.1. The van der Waals surface area contributed by atoms with Gasteiger partial charge in [-0.1, -0.05) is 36.5 Å². The second kappa shape index (κ2) is 9.71. The highest BCUT2D eigenvalue weighted by atomic mass is 19.1. The number of hydrogen-bond donors (Lipinski definition) is 2. The Balaban J connectivity index is 1.70. The van der Waals surface area contributed by atoms with Crippen molar-refractivity contribution in [3.63, 3.8) is 0 Å². The number of nitrogens with zero attached hydrogens (tertiary/aromatic N) is 2. The van der Waals surface area contributed by atoms with Crippen LogP contribution in [0.3, 0.4) is 0 Å². The number of nitrogens with one attached hydrogen (secondary N) is 2. The third-order valence-electron chi connectivity index (χ3n) is 6.56. The monoisotopic (exact) mass is 476 g/mol. The summed E-state index contributed by atoms with van der Waals surface area (Å²) in [6.45, 7) is 0. The number of hydrogen-bond acceptors (Lipinski definition) is 4. The standard InChI is InChI=1S/C27H26F2N4O2/c1-31-17-20-23(30)10-6-7-13-27(20)16-24(34)33(26(35)32(27)2)25-21(28)14-19(15-22(25)29)12-11-18-8-4-3-5-9-18/h3-5,8-9,14-15,17,30-31H,6-7,10,13,16H2,1-2H3/b20-17+,30-23?/t27-/m0/s1. The summed E-state index contributed by atoms with van der Waals surface area (Å²) < 4.78 is 30.3. The lowest BCUT2D eigenvalue weighted by Gasteiger charge is -2.48. The Kier molecular flexibility index (Phi) is 6.70. The molecule has 2 aromatic rings. The summed E-state index contributed by atoms with van der Waals surface area (Å²) in [5.41, 5.74) is -0.0917. The first-order valence-corrected chi connectivity index (χ1v) is 11.4. The highest BCUT2D eigenvalue weighted by Gasteiger charge is 2.52. The number of rotatable bonds is 2. The molecule has 0 radical (unpaired) electrons. The van der Waals surface area contributed by atoms with Crippen molar-refractivity contribution in [3.8, 4) is 11.8 Å². The zero-order valence-corrected chi connectivity index (χ0v) is 19.6. The molecule has 1 saturated carbocycles. The van der Waals surface area contributed by atoms with Gasteiger partial charge in [0.05, 0.1) is 12.0 Å². The molecule has 0 unspecified atom stereocenters. The van der Waals surface area contributed by atoms with Crippen molar-refractivity contribution in [1.82, 2.24) is 10.2 Å². The van der Waals surface area contributed by atoms with Crippen molar-refractivity contribution in [2.45, 2.75) is 37.6 Å². The Morgan fingerprint density at radius 1 is 1.06 bits per heavy atom. The Morgan fingerprint density at radius 2 is 1.71 bits per heavy atom. The molecule has 1 aliphatic carbocycles. The summed E-state index contributed by atoms with van der Waals surface area (Å²) in [5.74, 6) is 2.74. The smallest absolute Gasteiger partial charge is 0.332 e. The topological polar surface area (TPSA) is 76.5 Å². The summed E-state index contributed by atoms with van der Waals surface area (Å²) in [6, 6.07) is 10.2. The molecule has 35 heavy (non-hydrogen) atoms. The maximum Gasteiger partial charge on any atom is 0.332 e. The summed E-state index contributed by atoms with van der Waals surface area (Å²) in [4.78, 5) is 28.6. The molecular formula is C27H26F2N4O2. The van der Waals surface area contributed by atoms with Gasteiger partial charge in [0.15, 0.2) is 11.6 Å². The van der Waals surface area contributed by atoms with Crippen LogP contribution in [0.25, 0.3) is 0 Å². The van der Waals surface area contributed by atoms with E-state index in [4.69, 9.17) is 5.41 Å². The van der Waals surface area contributed by atoms with E-state index in [-0.39, 0.29) is 12.0 Å². The number of halogens is 2. The van der Waals surface area contributed by atoms with Crippen LogP contribution >= 0.6 is 0 Å². The molecule has 1 atom stereocenters. The minimum absolute atomic E-state index is 0.0887. The van der Waals surface area contributed by atoms with Crippen molar-refractivity contribution in [2.75, 3.05) is 19.0 Å². The summed E-state index contributed by atoms with van der Waals surface area (Å²) in [6.07, 6.45) is 3.94. The second-order valence-corrected chi connectivity index (χ2v) is 8.72. The summed E-state index contributed by atoms with van der Waals surface area (Å²) in [5, 5.41) is 11.4. The molecule has 4 rings (SSSR count). The van der Waals surface area contributed by atoms with Crippen LogP contribution in [0.15, 0.2) is 54.2 Å². The lowest BCUT2D eigenvalue weighted by molar-refractivity contribution is -0.121. The molecular weight excluding hydrogens is 450 g/mol. The van der Waals surface area contributed by atoms with Gasteiger partial charge in [-0.05, 0) is 43.5 Å². The van der Waals surface area contributed by atoms with Gasteiger partial charge in [-0.3, -0.25) is 4.79 Å². The first kappa shape index (κ1) is 24.1. The van der Waals surface area contributed by atoms with Crippen LogP contribution in [0.4, 0.5) is 19.3 Å². The highest BCUT2D eigenvalue weighted by molar-refractivity contribution is 6.18. The van der Waals surface area contributed by atoms with Crippen molar-refractivity contribution in [1.29, 1.82) is 5.41 Å². The van der Waals surface area contributed by atoms with Crippen LogP contribution in [-0.2, 0) is 4.79 Å². The molecule has 1 aliphatic heterocycles. The van der Waals surface area contributed by atoms with E-state index >= 15 is 8.78 Å². The van der Waals surface area contributed by atoms with Gasteiger partial charge in [0, 0.05) is 42.7 Å². The third kappa shape index (κ3) is 4.42. The number of anilines is 1. The third-order valence-corrected chi connectivity index (χ3v) is 6.56. The Bertz CT molecular complexity index is 1260. The zero-order valence-electron chi connectivity index (χ0n) is 19.6. The van der Waals surface area contributed by atoms with Crippen LogP contribution < -0.4 is 10.2 Å². The summed E-state index contributed by atoms with van der Waals surface area (Å²) >= 11 is 0. The molecule has 2 fully saturated rings. The fourth-order valence-electron chi connectivity index (χ4n) is 4.79. The van der Waals surface area contributed by atoms with Crippen molar-refractivity contribution in [2.24, 2.45) is 0 Å². The fraction of sp³-hybridized carbons (Fsp3) is 0.296. The highest BCUT2D eigenvalue weighted by Crippen LogP contribution is 2.42. The number of amides is 3. The van der Waals surface area contributed by atoms with Gasteiger partial charge in [-0.2, -0.15) is 0 Å². The molecule has 6 nitrogen and oxygen atoms in total. The van der Waals surface area contributed by atoms with Crippen LogP contribution in [-0.4, -0.2) is 42.2 Å². The molecule has 2 N–H and O–H groups in total. The largest absolute Gasteiger partial charge is 0.394 e. The normalized spacial score (nSPS) is 21.7. The number of benzene rings is 2. The molecule has 8 heteroatoms. The number of urea groups is 1. The Labute approximate surface area is 203 Å². The van der Waals surface area contributed by atoms with E-state index in [1.165, 1.54) is 11.9 Å². The minimum Gasteiger partial charge on any atom is -0.394 e. The van der Waals surface area contributed by atoms with Gasteiger partial charge in [0.1, 0.15) is 5.69 Å². The van der Waals surface area contributed by atoms with E-state index < -0.39 is 34.8 Å². The number of likely N-dealkylation sites (N-methyl/N-ethyl adjacent to an activating group) is 1. The van der Waals surface area contributed by atoms with Crippen LogP contribution in [0.2, 0.25) is 0 Å². The lowest BCUT2D eigenvalue weighted by atomic mass is 9.78. The van der Waals surface area contributed by atoms with Crippen LogP contribution in [0, 0.1) is 28.9 Å². The summed E-state index contributed by atoms with van der Waals surface area (Å²) in [7, 11) is 3.20. The van der Waals surface area contributed by atoms with Gasteiger partial charge in [0.25, 0.3) is 0 Å². The fourth-order valence-corrected chi connectivity index (χ4v) is 4.79. The van der Waals surface area contributed by atoms with E-state index in [1.807, 2.05) is 6.07 Å². The second-order valence-electron chi connectivity index (χ2n) is 8.72.